The van der Waals surface area contributed by atoms with Crippen molar-refractivity contribution < 1.29 is 19.0 Å². The topological polar surface area (TPSA) is 44.8 Å². The van der Waals surface area contributed by atoms with Crippen LogP contribution < -0.4 is 9.47 Å². The Morgan fingerprint density at radius 1 is 1.29 bits per heavy atom. The molecule has 94 valence electrons. The van der Waals surface area contributed by atoms with Crippen molar-refractivity contribution in [3.8, 4) is 11.5 Å². The third-order valence-electron chi connectivity index (χ3n) is 2.03. The number of halogens is 1. The lowest BCUT2D eigenvalue weighted by Crippen LogP contribution is -2.06. The van der Waals surface area contributed by atoms with Gasteiger partial charge in [-0.3, -0.25) is 0 Å². The van der Waals surface area contributed by atoms with E-state index in [4.69, 9.17) is 14.2 Å². The Hall–Kier alpha value is -0.980. The average Bonchev–Trinajstić information content (AvgIpc) is 2.31. The van der Waals surface area contributed by atoms with Crippen LogP contribution in [0.4, 0.5) is 0 Å². The highest BCUT2D eigenvalue weighted by Gasteiger charge is 2.15. The zero-order valence-corrected chi connectivity index (χ0v) is 12.2. The highest BCUT2D eigenvalue weighted by molar-refractivity contribution is 14.1. The number of hydrogen-bond acceptors (Lipinski definition) is 4. The molecule has 4 nitrogen and oxygen atoms in total. The minimum Gasteiger partial charge on any atom is -0.493 e. The molecule has 0 N–H and O–H groups in total. The van der Waals surface area contributed by atoms with Crippen LogP contribution in [0.25, 0.3) is 0 Å². The van der Waals surface area contributed by atoms with Crippen molar-refractivity contribution in [1.82, 2.24) is 0 Å². The van der Waals surface area contributed by atoms with Crippen molar-refractivity contribution in [3.63, 3.8) is 0 Å². The molecule has 0 aliphatic heterocycles. The van der Waals surface area contributed by atoms with Crippen LogP contribution in [0.1, 0.15) is 24.2 Å². The van der Waals surface area contributed by atoms with E-state index in [-0.39, 0.29) is 5.97 Å². The van der Waals surface area contributed by atoms with Gasteiger partial charge in [-0.2, -0.15) is 0 Å². The fraction of sp³-hybridized carbons (Fsp3) is 0.417. The van der Waals surface area contributed by atoms with Crippen molar-refractivity contribution in [1.29, 1.82) is 0 Å². The Labute approximate surface area is 114 Å². The summed E-state index contributed by atoms with van der Waals surface area (Å²) in [4.78, 5) is 11.6. The summed E-state index contributed by atoms with van der Waals surface area (Å²) in [7, 11) is 1.54. The number of carbonyl (C=O) groups excluding carboxylic acids is 1. The number of esters is 1. The zero-order valence-electron chi connectivity index (χ0n) is 10.1. The molecule has 0 unspecified atom stereocenters. The number of rotatable bonds is 5. The lowest BCUT2D eigenvalue weighted by atomic mass is 10.2. The maximum absolute atomic E-state index is 11.6. The Morgan fingerprint density at radius 2 is 2.00 bits per heavy atom. The van der Waals surface area contributed by atoms with Crippen molar-refractivity contribution >= 4 is 28.6 Å². The van der Waals surface area contributed by atoms with Gasteiger partial charge in [0, 0.05) is 0 Å². The predicted molar refractivity (Wildman–Crippen MR) is 72.8 cm³/mol. The molecule has 17 heavy (non-hydrogen) atoms. The number of carbonyl (C=O) groups is 1. The Balaban J connectivity index is 3.12. The van der Waals surface area contributed by atoms with Gasteiger partial charge in [0.05, 0.1) is 29.5 Å². The van der Waals surface area contributed by atoms with Gasteiger partial charge in [0.15, 0.2) is 11.5 Å². The monoisotopic (exact) mass is 350 g/mol. The van der Waals surface area contributed by atoms with Gasteiger partial charge in [-0.25, -0.2) is 4.79 Å². The van der Waals surface area contributed by atoms with Crippen LogP contribution in [0.2, 0.25) is 0 Å². The van der Waals surface area contributed by atoms with Gasteiger partial charge in [-0.15, -0.1) is 0 Å². The van der Waals surface area contributed by atoms with Crippen LogP contribution in [0.3, 0.4) is 0 Å². The van der Waals surface area contributed by atoms with E-state index < -0.39 is 0 Å². The van der Waals surface area contributed by atoms with E-state index in [0.717, 1.165) is 3.57 Å². The molecule has 5 heteroatoms. The molecule has 0 radical (unpaired) electrons. The lowest BCUT2D eigenvalue weighted by molar-refractivity contribution is 0.0526. The Kier molecular flexibility index (Phi) is 5.54. The van der Waals surface area contributed by atoms with Gasteiger partial charge in [0.25, 0.3) is 0 Å². The summed E-state index contributed by atoms with van der Waals surface area (Å²) >= 11 is 2.11. The van der Waals surface area contributed by atoms with Crippen LogP contribution >= 0.6 is 22.6 Å². The minimum absolute atomic E-state index is 0.352. The molecule has 0 aliphatic rings. The second kappa shape index (κ2) is 6.68. The van der Waals surface area contributed by atoms with Crippen LogP contribution in [-0.2, 0) is 4.74 Å². The lowest BCUT2D eigenvalue weighted by Gasteiger charge is -2.12. The second-order valence-electron chi connectivity index (χ2n) is 3.14. The summed E-state index contributed by atoms with van der Waals surface area (Å²) in [6, 6.07) is 3.36. The van der Waals surface area contributed by atoms with E-state index in [2.05, 4.69) is 22.6 Å². The van der Waals surface area contributed by atoms with Crippen LogP contribution in [-0.4, -0.2) is 26.3 Å². The molecule has 0 fully saturated rings. The van der Waals surface area contributed by atoms with Crippen LogP contribution in [0, 0.1) is 3.57 Å². The molecule has 0 saturated carbocycles. The average molecular weight is 350 g/mol. The van der Waals surface area contributed by atoms with Crippen molar-refractivity contribution in [3.05, 3.63) is 21.3 Å². The summed E-state index contributed by atoms with van der Waals surface area (Å²) in [5.74, 6) is 0.845. The molecule has 0 atom stereocenters. The first-order valence-corrected chi connectivity index (χ1v) is 6.39. The maximum Gasteiger partial charge on any atom is 0.338 e. The zero-order chi connectivity index (χ0) is 12.8. The number of benzene rings is 1. The molecule has 1 rings (SSSR count). The van der Waals surface area contributed by atoms with Gasteiger partial charge in [-0.05, 0) is 48.6 Å². The third kappa shape index (κ3) is 3.49. The van der Waals surface area contributed by atoms with Gasteiger partial charge in [0.1, 0.15) is 0 Å². The molecular weight excluding hydrogens is 335 g/mol. The molecule has 0 aromatic heterocycles. The SMILES string of the molecule is CCOC(=O)c1cc(I)c(OCC)c(OC)c1. The van der Waals surface area contributed by atoms with Crippen molar-refractivity contribution in [2.24, 2.45) is 0 Å². The van der Waals surface area contributed by atoms with Crippen molar-refractivity contribution in [2.75, 3.05) is 20.3 Å². The quantitative estimate of drug-likeness (QED) is 0.605. The Morgan fingerprint density at radius 3 is 2.53 bits per heavy atom. The smallest absolute Gasteiger partial charge is 0.338 e. The fourth-order valence-electron chi connectivity index (χ4n) is 1.34. The highest BCUT2D eigenvalue weighted by atomic mass is 127. The number of methoxy groups -OCH3 is 1. The van der Waals surface area contributed by atoms with E-state index in [9.17, 15) is 4.79 Å². The summed E-state index contributed by atoms with van der Waals surface area (Å²) in [5, 5.41) is 0. The molecule has 1 aromatic carbocycles. The first kappa shape index (κ1) is 14.1. The first-order chi connectivity index (χ1) is 8.13. The van der Waals surface area contributed by atoms with Crippen molar-refractivity contribution in [2.45, 2.75) is 13.8 Å². The summed E-state index contributed by atoms with van der Waals surface area (Å²) < 4.78 is 16.4. The molecule has 0 aliphatic carbocycles. The first-order valence-electron chi connectivity index (χ1n) is 5.31. The molecule has 0 spiro atoms. The molecule has 0 heterocycles. The van der Waals surface area contributed by atoms with E-state index in [1.165, 1.54) is 0 Å². The van der Waals surface area contributed by atoms with Gasteiger partial charge >= 0.3 is 5.97 Å². The van der Waals surface area contributed by atoms with Gasteiger partial charge in [-0.1, -0.05) is 0 Å². The van der Waals surface area contributed by atoms with Gasteiger partial charge < -0.3 is 14.2 Å². The van der Waals surface area contributed by atoms with E-state index in [1.54, 1.807) is 26.2 Å². The minimum atomic E-state index is -0.355. The standard InChI is InChI=1S/C12H15IO4/c1-4-16-11-9(13)6-8(7-10(11)15-3)12(14)17-5-2/h6-7H,4-5H2,1-3H3. The normalized spacial score (nSPS) is 9.88. The number of ether oxygens (including phenoxy) is 3. The van der Waals surface area contributed by atoms with Crippen LogP contribution in [0.15, 0.2) is 12.1 Å². The highest BCUT2D eigenvalue weighted by Crippen LogP contribution is 2.34. The summed E-state index contributed by atoms with van der Waals surface area (Å²) in [5.41, 5.74) is 0.469. The number of hydrogen-bond donors (Lipinski definition) is 0. The Bertz CT molecular complexity index is 404. The molecule has 1 aromatic rings. The molecule has 0 saturated heterocycles. The molecule has 0 bridgehead atoms. The summed E-state index contributed by atoms with van der Waals surface area (Å²) in [6.07, 6.45) is 0. The van der Waals surface area contributed by atoms with E-state index >= 15 is 0 Å². The van der Waals surface area contributed by atoms with E-state index in [0.29, 0.717) is 30.3 Å². The molecule has 0 amide bonds. The molecular formula is C12H15IO4. The second-order valence-corrected chi connectivity index (χ2v) is 4.31. The third-order valence-corrected chi connectivity index (χ3v) is 2.83. The largest absolute Gasteiger partial charge is 0.493 e. The van der Waals surface area contributed by atoms with Gasteiger partial charge in [0.2, 0.25) is 0 Å². The van der Waals surface area contributed by atoms with Crippen LogP contribution in [0.5, 0.6) is 11.5 Å². The maximum atomic E-state index is 11.6. The van der Waals surface area contributed by atoms with E-state index in [1.807, 2.05) is 6.92 Å². The summed E-state index contributed by atoms with van der Waals surface area (Å²) in [6.45, 7) is 4.57. The predicted octanol–water partition coefficient (Wildman–Crippen LogP) is 2.88. The fourth-order valence-corrected chi connectivity index (χ4v) is 2.09.